The Morgan fingerprint density at radius 3 is 2.84 bits per heavy atom. The second-order valence-corrected chi connectivity index (χ2v) is 4.94. The van der Waals surface area contributed by atoms with E-state index < -0.39 is 5.97 Å². The molecule has 0 aliphatic heterocycles. The van der Waals surface area contributed by atoms with Crippen LogP contribution in [-0.2, 0) is 11.3 Å². The van der Waals surface area contributed by atoms with E-state index in [-0.39, 0.29) is 24.5 Å². The maximum atomic E-state index is 12.1. The van der Waals surface area contributed by atoms with E-state index in [1.54, 1.807) is 18.3 Å². The van der Waals surface area contributed by atoms with Crippen molar-refractivity contribution in [1.29, 1.82) is 0 Å². The normalized spacial score (nSPS) is 23.0. The summed E-state index contributed by atoms with van der Waals surface area (Å²) in [7, 11) is 0. The predicted octanol–water partition coefficient (Wildman–Crippen LogP) is 0.572. The lowest BCUT2D eigenvalue weighted by Crippen LogP contribution is -2.49. The summed E-state index contributed by atoms with van der Waals surface area (Å²) in [5, 5.41) is 11.7. The van der Waals surface area contributed by atoms with Gasteiger partial charge in [-0.1, -0.05) is 12.8 Å². The third-order valence-corrected chi connectivity index (χ3v) is 3.50. The molecule has 1 aromatic heterocycles. The fourth-order valence-electron chi connectivity index (χ4n) is 2.48. The smallest absolute Gasteiger partial charge is 0.323 e. The zero-order chi connectivity index (χ0) is 13.8. The van der Waals surface area contributed by atoms with Crippen LogP contribution in [0.3, 0.4) is 0 Å². The van der Waals surface area contributed by atoms with Crippen LogP contribution < -0.4 is 11.1 Å². The van der Waals surface area contributed by atoms with Gasteiger partial charge < -0.3 is 20.7 Å². The number of nitrogens with one attached hydrogen (secondary N) is 1. The molecule has 4 N–H and O–H groups in total. The highest BCUT2D eigenvalue weighted by Gasteiger charge is 2.24. The molecule has 1 heterocycles. The number of carboxylic acid groups (broad SMARTS) is 1. The average Bonchev–Trinajstić information content (AvgIpc) is 2.79. The minimum Gasteiger partial charge on any atom is -0.480 e. The highest BCUT2D eigenvalue weighted by Crippen LogP contribution is 2.17. The Bertz CT molecular complexity index is 469. The van der Waals surface area contributed by atoms with Crippen LogP contribution in [0.4, 0.5) is 0 Å². The lowest BCUT2D eigenvalue weighted by atomic mass is 9.91. The van der Waals surface area contributed by atoms with Crippen LogP contribution in [0.1, 0.15) is 36.2 Å². The molecule has 1 fully saturated rings. The molecule has 19 heavy (non-hydrogen) atoms. The fourth-order valence-corrected chi connectivity index (χ4v) is 2.48. The fraction of sp³-hybridized carbons (Fsp3) is 0.538. The van der Waals surface area contributed by atoms with Crippen LogP contribution in [0.5, 0.6) is 0 Å². The topological polar surface area (TPSA) is 97.4 Å². The van der Waals surface area contributed by atoms with Gasteiger partial charge in [0.1, 0.15) is 12.2 Å². The minimum atomic E-state index is -0.973. The lowest BCUT2D eigenvalue weighted by molar-refractivity contribution is -0.137. The summed E-state index contributed by atoms with van der Waals surface area (Å²) in [6.07, 6.45) is 5.55. The molecule has 0 aromatic carbocycles. The monoisotopic (exact) mass is 265 g/mol. The molecule has 2 rings (SSSR count). The SMILES string of the molecule is NC1CCCCC1NC(=O)c1cccn1CC(=O)O. The van der Waals surface area contributed by atoms with E-state index >= 15 is 0 Å². The van der Waals surface area contributed by atoms with Crippen LogP contribution >= 0.6 is 0 Å². The maximum absolute atomic E-state index is 12.1. The van der Waals surface area contributed by atoms with E-state index in [9.17, 15) is 9.59 Å². The Labute approximate surface area is 111 Å². The number of aliphatic carboxylic acids is 1. The van der Waals surface area contributed by atoms with Crippen LogP contribution in [-0.4, -0.2) is 33.6 Å². The summed E-state index contributed by atoms with van der Waals surface area (Å²) < 4.78 is 1.42. The summed E-state index contributed by atoms with van der Waals surface area (Å²) in [4.78, 5) is 22.9. The van der Waals surface area contributed by atoms with Gasteiger partial charge in [-0.15, -0.1) is 0 Å². The molecule has 0 bridgehead atoms. The van der Waals surface area contributed by atoms with E-state index in [1.165, 1.54) is 4.57 Å². The Kier molecular flexibility index (Phi) is 4.21. The van der Waals surface area contributed by atoms with Crippen molar-refractivity contribution in [2.75, 3.05) is 0 Å². The number of nitrogens with two attached hydrogens (primary N) is 1. The maximum Gasteiger partial charge on any atom is 0.323 e. The molecular formula is C13H19N3O3. The standard InChI is InChI=1S/C13H19N3O3/c14-9-4-1-2-5-10(9)15-13(19)11-6-3-7-16(11)8-12(17)18/h3,6-7,9-10H,1-2,4-5,8,14H2,(H,15,19)(H,17,18). The van der Waals surface area contributed by atoms with Crippen LogP contribution in [0.15, 0.2) is 18.3 Å². The van der Waals surface area contributed by atoms with Gasteiger partial charge in [0.25, 0.3) is 5.91 Å². The van der Waals surface area contributed by atoms with E-state index in [0.29, 0.717) is 5.69 Å². The van der Waals surface area contributed by atoms with Gasteiger partial charge in [-0.25, -0.2) is 0 Å². The molecule has 0 radical (unpaired) electrons. The quantitative estimate of drug-likeness (QED) is 0.741. The van der Waals surface area contributed by atoms with Gasteiger partial charge in [0.05, 0.1) is 0 Å². The largest absolute Gasteiger partial charge is 0.480 e. The van der Waals surface area contributed by atoms with Gasteiger partial charge in [-0.3, -0.25) is 9.59 Å². The first-order valence-electron chi connectivity index (χ1n) is 6.51. The zero-order valence-electron chi connectivity index (χ0n) is 10.7. The molecule has 104 valence electrons. The summed E-state index contributed by atoms with van der Waals surface area (Å²) in [6.45, 7) is -0.216. The molecule has 6 heteroatoms. The number of carbonyl (C=O) groups is 2. The van der Waals surface area contributed by atoms with Crippen molar-refractivity contribution in [1.82, 2.24) is 9.88 Å². The van der Waals surface area contributed by atoms with Crippen molar-refractivity contribution in [2.45, 2.75) is 44.3 Å². The van der Waals surface area contributed by atoms with Crippen molar-refractivity contribution in [2.24, 2.45) is 5.73 Å². The Hall–Kier alpha value is -1.82. The van der Waals surface area contributed by atoms with E-state index in [4.69, 9.17) is 10.8 Å². The zero-order valence-corrected chi connectivity index (χ0v) is 10.7. The highest BCUT2D eigenvalue weighted by atomic mass is 16.4. The number of rotatable bonds is 4. The average molecular weight is 265 g/mol. The first kappa shape index (κ1) is 13.6. The molecule has 1 aliphatic carbocycles. The molecule has 1 aromatic rings. The number of aromatic nitrogens is 1. The number of hydrogen-bond donors (Lipinski definition) is 3. The van der Waals surface area contributed by atoms with Crippen molar-refractivity contribution < 1.29 is 14.7 Å². The molecule has 6 nitrogen and oxygen atoms in total. The minimum absolute atomic E-state index is 0.0133. The number of hydrogen-bond acceptors (Lipinski definition) is 3. The predicted molar refractivity (Wildman–Crippen MR) is 69.8 cm³/mol. The van der Waals surface area contributed by atoms with Crippen molar-refractivity contribution in [3.63, 3.8) is 0 Å². The molecule has 2 unspecified atom stereocenters. The lowest BCUT2D eigenvalue weighted by Gasteiger charge is -2.29. The second kappa shape index (κ2) is 5.88. The Balaban J connectivity index is 2.03. The summed E-state index contributed by atoms with van der Waals surface area (Å²) in [5.74, 6) is -1.23. The summed E-state index contributed by atoms with van der Waals surface area (Å²) >= 11 is 0. The molecule has 1 amide bonds. The van der Waals surface area contributed by atoms with E-state index in [0.717, 1.165) is 25.7 Å². The van der Waals surface area contributed by atoms with E-state index in [1.807, 2.05) is 0 Å². The van der Waals surface area contributed by atoms with Crippen LogP contribution in [0, 0.1) is 0 Å². The molecule has 0 saturated heterocycles. The highest BCUT2D eigenvalue weighted by molar-refractivity contribution is 5.93. The number of nitrogens with zero attached hydrogens (tertiary/aromatic N) is 1. The van der Waals surface area contributed by atoms with Crippen molar-refractivity contribution >= 4 is 11.9 Å². The van der Waals surface area contributed by atoms with Crippen LogP contribution in [0.25, 0.3) is 0 Å². The second-order valence-electron chi connectivity index (χ2n) is 4.94. The third kappa shape index (κ3) is 3.35. The Morgan fingerprint density at radius 2 is 2.16 bits per heavy atom. The van der Waals surface area contributed by atoms with Gasteiger partial charge in [-0.2, -0.15) is 0 Å². The number of carboxylic acids is 1. The first-order valence-corrected chi connectivity index (χ1v) is 6.51. The van der Waals surface area contributed by atoms with Crippen LogP contribution in [0.2, 0.25) is 0 Å². The molecule has 1 aliphatic rings. The number of carbonyl (C=O) groups excluding carboxylic acids is 1. The van der Waals surface area contributed by atoms with Gasteiger partial charge in [0.15, 0.2) is 0 Å². The molecular weight excluding hydrogens is 246 g/mol. The molecule has 0 spiro atoms. The molecule has 1 saturated carbocycles. The van der Waals surface area contributed by atoms with Gasteiger partial charge >= 0.3 is 5.97 Å². The molecule has 2 atom stereocenters. The van der Waals surface area contributed by atoms with Crippen molar-refractivity contribution in [3.8, 4) is 0 Å². The summed E-state index contributed by atoms with van der Waals surface area (Å²) in [5.41, 5.74) is 6.35. The number of amides is 1. The van der Waals surface area contributed by atoms with Gasteiger partial charge in [0, 0.05) is 18.3 Å². The third-order valence-electron chi connectivity index (χ3n) is 3.50. The van der Waals surface area contributed by atoms with Crippen molar-refractivity contribution in [3.05, 3.63) is 24.0 Å². The first-order chi connectivity index (χ1) is 9.08. The van der Waals surface area contributed by atoms with Gasteiger partial charge in [0.2, 0.25) is 0 Å². The van der Waals surface area contributed by atoms with E-state index in [2.05, 4.69) is 5.32 Å². The van der Waals surface area contributed by atoms with Gasteiger partial charge in [-0.05, 0) is 25.0 Å². The Morgan fingerprint density at radius 1 is 1.42 bits per heavy atom. The summed E-state index contributed by atoms with van der Waals surface area (Å²) in [6, 6.07) is 3.25.